The van der Waals surface area contributed by atoms with Crippen molar-refractivity contribution in [3.8, 4) is 5.75 Å². The average Bonchev–Trinajstić information content (AvgIpc) is 2.43. The van der Waals surface area contributed by atoms with E-state index < -0.39 is 26.6 Å². The maximum absolute atomic E-state index is 12.3. The molecule has 0 radical (unpaired) electrons. The van der Waals surface area contributed by atoms with E-state index in [1.54, 1.807) is 0 Å². The predicted octanol–water partition coefficient (Wildman–Crippen LogP) is 1.41. The third-order valence-electron chi connectivity index (χ3n) is 3.27. The molecule has 2 aromatic carbocycles. The van der Waals surface area contributed by atoms with E-state index in [-0.39, 0.29) is 28.0 Å². The topological polar surface area (TPSA) is 109 Å². The lowest BCUT2D eigenvalue weighted by Crippen LogP contribution is -2.21. The van der Waals surface area contributed by atoms with Gasteiger partial charge in [-0.15, -0.1) is 0 Å². The second kappa shape index (κ2) is 4.24. The number of phenolic OH excluding ortho intramolecular Hbond substituents is 1. The molecule has 1 aliphatic rings. The maximum Gasteiger partial charge on any atom is 0.294 e. The second-order valence-electron chi connectivity index (χ2n) is 4.57. The molecule has 6 nitrogen and oxygen atoms in total. The largest absolute Gasteiger partial charge is 0.508 e. The van der Waals surface area contributed by atoms with Gasteiger partial charge in [0.05, 0.1) is 4.90 Å². The number of benzene rings is 2. The number of aromatic hydroxyl groups is 1. The number of rotatable bonds is 1. The Balaban J connectivity index is 2.29. The Kier molecular flexibility index (Phi) is 2.72. The van der Waals surface area contributed by atoms with Crippen LogP contribution in [-0.4, -0.2) is 29.6 Å². The van der Waals surface area contributed by atoms with Crippen molar-refractivity contribution < 1.29 is 27.7 Å². The third kappa shape index (κ3) is 2.03. The monoisotopic (exact) mass is 304 g/mol. The normalized spacial score (nSPS) is 13.8. The molecule has 0 atom stereocenters. The van der Waals surface area contributed by atoms with Crippen molar-refractivity contribution in [3.63, 3.8) is 0 Å². The lowest BCUT2D eigenvalue weighted by Gasteiger charge is -2.17. The van der Waals surface area contributed by atoms with Gasteiger partial charge in [-0.1, -0.05) is 0 Å². The van der Waals surface area contributed by atoms with Gasteiger partial charge in [-0.2, -0.15) is 8.42 Å². The van der Waals surface area contributed by atoms with E-state index in [4.69, 9.17) is 4.55 Å². The van der Waals surface area contributed by atoms with Gasteiger partial charge in [0.15, 0.2) is 11.6 Å². The van der Waals surface area contributed by atoms with Gasteiger partial charge in [0.25, 0.3) is 10.1 Å². The first-order valence-electron chi connectivity index (χ1n) is 5.83. The molecule has 2 aromatic rings. The van der Waals surface area contributed by atoms with Crippen LogP contribution in [0, 0.1) is 0 Å². The van der Waals surface area contributed by atoms with Crippen molar-refractivity contribution in [3.05, 3.63) is 58.7 Å². The molecule has 0 spiro atoms. The van der Waals surface area contributed by atoms with Crippen LogP contribution in [0.4, 0.5) is 0 Å². The zero-order chi connectivity index (χ0) is 15.4. The Labute approximate surface area is 119 Å². The van der Waals surface area contributed by atoms with Gasteiger partial charge in [-0.25, -0.2) is 0 Å². The first kappa shape index (κ1) is 13.5. The number of hydrogen-bond acceptors (Lipinski definition) is 5. The fourth-order valence-electron chi connectivity index (χ4n) is 2.28. The van der Waals surface area contributed by atoms with Crippen LogP contribution in [0.5, 0.6) is 5.75 Å². The molecule has 7 heteroatoms. The standard InChI is InChI=1S/C14H8O6S/c15-7-1-3-9-11(5-7)14(17)12-6-8(21(18,19)20)2-4-10(12)13(9)16/h1-6,15H,(H,18,19,20). The number of carbonyl (C=O) groups is 2. The summed E-state index contributed by atoms with van der Waals surface area (Å²) in [6, 6.07) is 6.99. The minimum absolute atomic E-state index is 0.0000113. The Bertz CT molecular complexity index is 911. The zero-order valence-electron chi connectivity index (χ0n) is 10.4. The zero-order valence-corrected chi connectivity index (χ0v) is 11.2. The summed E-state index contributed by atoms with van der Waals surface area (Å²) in [5.74, 6) is -1.20. The highest BCUT2D eigenvalue weighted by molar-refractivity contribution is 7.85. The number of phenols is 1. The van der Waals surface area contributed by atoms with Crippen molar-refractivity contribution in [1.82, 2.24) is 0 Å². The SMILES string of the molecule is O=C1c2ccc(O)cc2C(=O)c2cc(S(=O)(=O)O)ccc21. The fraction of sp³-hybridized carbons (Fsp3) is 0. The molecule has 0 unspecified atom stereocenters. The summed E-state index contributed by atoms with van der Waals surface area (Å²) in [6.45, 7) is 0. The molecular formula is C14H8O6S. The minimum atomic E-state index is -4.48. The summed E-state index contributed by atoms with van der Waals surface area (Å²) in [4.78, 5) is 24.2. The van der Waals surface area contributed by atoms with E-state index in [9.17, 15) is 23.1 Å². The third-order valence-corrected chi connectivity index (χ3v) is 4.12. The molecule has 0 saturated heterocycles. The smallest absolute Gasteiger partial charge is 0.294 e. The van der Waals surface area contributed by atoms with Crippen LogP contribution in [0.1, 0.15) is 31.8 Å². The average molecular weight is 304 g/mol. The molecule has 0 aliphatic heterocycles. The second-order valence-corrected chi connectivity index (χ2v) is 5.99. The van der Waals surface area contributed by atoms with Crippen LogP contribution in [0.15, 0.2) is 41.3 Å². The summed E-state index contributed by atoms with van der Waals surface area (Å²) < 4.78 is 31.3. The minimum Gasteiger partial charge on any atom is -0.508 e. The summed E-state index contributed by atoms with van der Waals surface area (Å²) >= 11 is 0. The van der Waals surface area contributed by atoms with E-state index in [0.29, 0.717) is 0 Å². The van der Waals surface area contributed by atoms with E-state index in [1.807, 2.05) is 0 Å². The Morgan fingerprint density at radius 1 is 0.762 bits per heavy atom. The summed E-state index contributed by atoms with van der Waals surface area (Å²) in [5.41, 5.74) is 0.0868. The van der Waals surface area contributed by atoms with Crippen molar-refractivity contribution in [2.45, 2.75) is 4.90 Å². The van der Waals surface area contributed by atoms with Gasteiger partial charge in [0.2, 0.25) is 0 Å². The summed E-state index contributed by atoms with van der Waals surface area (Å²) in [5, 5.41) is 9.42. The van der Waals surface area contributed by atoms with E-state index in [2.05, 4.69) is 0 Å². The molecule has 0 bridgehead atoms. The summed E-state index contributed by atoms with van der Waals surface area (Å²) in [7, 11) is -4.48. The highest BCUT2D eigenvalue weighted by Crippen LogP contribution is 2.30. The number of fused-ring (bicyclic) bond motifs is 2. The van der Waals surface area contributed by atoms with Gasteiger partial charge in [0.1, 0.15) is 5.75 Å². The van der Waals surface area contributed by atoms with Crippen LogP contribution < -0.4 is 0 Å². The molecule has 0 aromatic heterocycles. The molecule has 1 aliphatic carbocycles. The van der Waals surface area contributed by atoms with Crippen LogP contribution in [0.3, 0.4) is 0 Å². The first-order valence-corrected chi connectivity index (χ1v) is 7.27. The quantitative estimate of drug-likeness (QED) is 0.658. The van der Waals surface area contributed by atoms with E-state index in [1.165, 1.54) is 18.2 Å². The van der Waals surface area contributed by atoms with Crippen LogP contribution in [0.25, 0.3) is 0 Å². The number of hydrogen-bond donors (Lipinski definition) is 2. The van der Waals surface area contributed by atoms with E-state index in [0.717, 1.165) is 18.2 Å². The predicted molar refractivity (Wildman–Crippen MR) is 71.2 cm³/mol. The van der Waals surface area contributed by atoms with Gasteiger partial charge in [0, 0.05) is 22.3 Å². The highest BCUT2D eigenvalue weighted by atomic mass is 32.2. The molecular weight excluding hydrogens is 296 g/mol. The highest BCUT2D eigenvalue weighted by Gasteiger charge is 2.31. The van der Waals surface area contributed by atoms with Gasteiger partial charge >= 0.3 is 0 Å². The van der Waals surface area contributed by atoms with Crippen molar-refractivity contribution in [2.75, 3.05) is 0 Å². The fourth-order valence-corrected chi connectivity index (χ4v) is 2.78. The molecule has 0 heterocycles. The maximum atomic E-state index is 12.3. The van der Waals surface area contributed by atoms with Gasteiger partial charge in [-0.3, -0.25) is 14.1 Å². The molecule has 3 rings (SSSR count). The molecule has 21 heavy (non-hydrogen) atoms. The lowest BCUT2D eigenvalue weighted by molar-refractivity contribution is 0.0978. The van der Waals surface area contributed by atoms with Crippen molar-refractivity contribution in [1.29, 1.82) is 0 Å². The van der Waals surface area contributed by atoms with Crippen LogP contribution in [-0.2, 0) is 10.1 Å². The lowest BCUT2D eigenvalue weighted by atomic mass is 9.84. The van der Waals surface area contributed by atoms with E-state index >= 15 is 0 Å². The van der Waals surface area contributed by atoms with Crippen LogP contribution in [0.2, 0.25) is 0 Å². The molecule has 2 N–H and O–H groups in total. The van der Waals surface area contributed by atoms with Gasteiger partial charge < -0.3 is 5.11 Å². The Morgan fingerprint density at radius 2 is 1.29 bits per heavy atom. The Morgan fingerprint density at radius 3 is 1.90 bits per heavy atom. The van der Waals surface area contributed by atoms with Crippen molar-refractivity contribution in [2.24, 2.45) is 0 Å². The van der Waals surface area contributed by atoms with Crippen LogP contribution >= 0.6 is 0 Å². The summed E-state index contributed by atoms with van der Waals surface area (Å²) in [6.07, 6.45) is 0. The Hall–Kier alpha value is -2.51. The van der Waals surface area contributed by atoms with Crippen molar-refractivity contribution >= 4 is 21.7 Å². The molecule has 0 saturated carbocycles. The number of ketones is 2. The molecule has 106 valence electrons. The first-order chi connectivity index (χ1) is 9.79. The van der Waals surface area contributed by atoms with Gasteiger partial charge in [-0.05, 0) is 36.4 Å². The molecule has 0 fully saturated rings. The molecule has 0 amide bonds. The number of carbonyl (C=O) groups excluding carboxylic acids is 2.